The molecule has 1 fully saturated rings. The van der Waals surface area contributed by atoms with E-state index in [1.54, 1.807) is 0 Å². The van der Waals surface area contributed by atoms with E-state index in [4.69, 9.17) is 28.4 Å². The summed E-state index contributed by atoms with van der Waals surface area (Å²) < 4.78 is 19.8. The minimum absolute atomic E-state index is 0.686. The highest BCUT2D eigenvalue weighted by Gasteiger charge is 2.44. The van der Waals surface area contributed by atoms with Crippen LogP contribution < -0.4 is 5.02 Å². The highest BCUT2D eigenvalue weighted by molar-refractivity contribution is 6.60. The van der Waals surface area contributed by atoms with E-state index in [1.807, 2.05) is 0 Å². The molecule has 7 nitrogen and oxygen atoms in total. The van der Waals surface area contributed by atoms with Crippen molar-refractivity contribution in [1.29, 1.82) is 0 Å². The zero-order valence-corrected chi connectivity index (χ0v) is 28.1. The number of nitrogens with zero attached hydrogens (tertiary/aromatic N) is 1. The van der Waals surface area contributed by atoms with Gasteiger partial charge >= 0.3 is 16.1 Å². The maximum absolute atomic E-state index is 8.64. The molecule has 9 heteroatoms. The van der Waals surface area contributed by atoms with Gasteiger partial charge in [0.25, 0.3) is 0 Å². The Kier molecular flexibility index (Phi) is 27.8. The van der Waals surface area contributed by atoms with E-state index in [0.717, 1.165) is 6.04 Å². The molecule has 0 aliphatic carbocycles. The summed E-state index contributed by atoms with van der Waals surface area (Å²) in [6.07, 6.45) is 27.2. The topological polar surface area (TPSA) is 91.2 Å². The molecule has 0 saturated carbocycles. The van der Waals surface area contributed by atoms with Gasteiger partial charge in [-0.1, -0.05) is 96.8 Å². The minimum Gasteiger partial charge on any atom is -0.832 e. The molecule has 0 unspecified atom stereocenters. The van der Waals surface area contributed by atoms with Gasteiger partial charge in [0.2, 0.25) is 0 Å². The highest BCUT2D eigenvalue weighted by atomic mass is 28.4. The molecule has 0 aromatic rings. The third-order valence-electron chi connectivity index (χ3n) is 8.24. The lowest BCUT2D eigenvalue weighted by molar-refractivity contribution is -0.931. The fourth-order valence-corrected chi connectivity index (χ4v) is 8.86. The fourth-order valence-electron chi connectivity index (χ4n) is 6.11. The van der Waals surface area contributed by atoms with Crippen molar-refractivity contribution in [2.45, 2.75) is 156 Å². The largest absolute Gasteiger partial charge is 0.832 e. The predicted octanol–water partition coefficient (Wildman–Crippen LogP) is 6.61. The molecule has 2 N–H and O–H groups in total. The maximum atomic E-state index is 8.64. The second-order valence-corrected chi connectivity index (χ2v) is 14.4. The van der Waals surface area contributed by atoms with Gasteiger partial charge in [0.05, 0.1) is 32.2 Å². The van der Waals surface area contributed by atoms with Crippen LogP contribution in [-0.2, 0) is 13.3 Å². The Bertz CT molecular complexity index is 506. The molecule has 40 heavy (non-hydrogen) atoms. The van der Waals surface area contributed by atoms with Crippen molar-refractivity contribution in [2.75, 3.05) is 46.0 Å². The van der Waals surface area contributed by atoms with Gasteiger partial charge in [-0.05, 0) is 52.9 Å². The lowest BCUT2D eigenvalue weighted by Gasteiger charge is -2.43. The molecule has 240 valence electrons. The Balaban J connectivity index is 0.00000354. The summed E-state index contributed by atoms with van der Waals surface area (Å²) in [5.74, 6) is 0. The van der Waals surface area contributed by atoms with Gasteiger partial charge in [-0.25, -0.2) is 0 Å². The summed E-state index contributed by atoms with van der Waals surface area (Å²) in [6.45, 7) is 15.8. The van der Waals surface area contributed by atoms with Crippen LogP contribution in [0.25, 0.3) is 0 Å². The Hall–Kier alpha value is 0.00182. The van der Waals surface area contributed by atoms with E-state index in [2.05, 4.69) is 27.7 Å². The molecule has 1 saturated heterocycles. The van der Waals surface area contributed by atoms with Crippen LogP contribution in [0.5, 0.6) is 0 Å². The zero-order valence-electron chi connectivity index (χ0n) is 27.1. The first-order valence-corrected chi connectivity index (χ1v) is 19.1. The third kappa shape index (κ3) is 22.6. The van der Waals surface area contributed by atoms with Gasteiger partial charge in [0.1, 0.15) is 0 Å². The molecule has 1 heterocycles. The summed E-state index contributed by atoms with van der Waals surface area (Å²) in [5.41, 5.74) is 0. The first-order chi connectivity index (χ1) is 19.4. The van der Waals surface area contributed by atoms with E-state index in [1.165, 1.54) is 153 Å². The Morgan fingerprint density at radius 3 is 1.27 bits per heavy atom. The molecule has 0 radical (unpaired) electrons. The second kappa shape index (κ2) is 27.8. The normalized spacial score (nSPS) is 15.1. The number of hydrogen-bond acceptors (Lipinski definition) is 6. The number of quaternary nitrogens is 1. The van der Waals surface area contributed by atoms with Crippen molar-refractivity contribution in [3.8, 4) is 0 Å². The molecule has 0 amide bonds. The summed E-state index contributed by atoms with van der Waals surface area (Å²) in [4.78, 5) is 0. The minimum atomic E-state index is -2.53. The summed E-state index contributed by atoms with van der Waals surface area (Å²) in [6, 6.07) is 0.974. The zero-order chi connectivity index (χ0) is 29.8. The lowest BCUT2D eigenvalue weighted by atomic mass is 10.0. The van der Waals surface area contributed by atoms with Crippen molar-refractivity contribution in [3.05, 3.63) is 0 Å². The van der Waals surface area contributed by atoms with Crippen LogP contribution in [0.4, 0.5) is 0 Å². The highest BCUT2D eigenvalue weighted by Crippen LogP contribution is 2.26. The van der Waals surface area contributed by atoms with Crippen LogP contribution >= 0.6 is 0 Å². The van der Waals surface area contributed by atoms with Crippen molar-refractivity contribution in [3.63, 3.8) is 0 Å². The maximum Gasteiger partial charge on any atom is 0.506 e. The lowest BCUT2D eigenvalue weighted by Crippen LogP contribution is -2.56. The Labute approximate surface area is 250 Å². The van der Waals surface area contributed by atoms with Gasteiger partial charge in [0.15, 0.2) is 0 Å². The fraction of sp³-hybridized carbons (Fsp3) is 1.00. The van der Waals surface area contributed by atoms with E-state index in [-0.39, 0.29) is 0 Å². The van der Waals surface area contributed by atoms with Gasteiger partial charge in [-0.3, -0.25) is 0 Å². The molecule has 1 rings (SSSR count). The van der Waals surface area contributed by atoms with E-state index in [9.17, 15) is 0 Å². The SMILES string of the molecule is CCCCCCCCCCCCCCCCCC[N+]1(CC[Si](OCC)(OCC)OCC)CCCCC1.[O-]B(O)O. The molecule has 0 atom stereocenters. The summed E-state index contributed by atoms with van der Waals surface area (Å²) >= 11 is 0. The van der Waals surface area contributed by atoms with Crippen molar-refractivity contribution in [1.82, 2.24) is 0 Å². The van der Waals surface area contributed by atoms with Gasteiger partial charge in [-0.15, -0.1) is 0 Å². The van der Waals surface area contributed by atoms with Crippen LogP contribution in [0.2, 0.25) is 6.04 Å². The second-order valence-electron chi connectivity index (χ2n) is 11.7. The van der Waals surface area contributed by atoms with Crippen molar-refractivity contribution < 1.29 is 32.8 Å². The molecule has 1 aliphatic heterocycles. The molecule has 0 aromatic carbocycles. The monoisotopic (exact) mass is 589 g/mol. The molecular formula is C31H68BNO6Si. The average Bonchev–Trinajstić information content (AvgIpc) is 2.92. The number of piperidine rings is 1. The standard InChI is InChI=1S/C31H66NO3Si.BH2O3/c1-5-9-10-11-12-13-14-15-16-17-18-19-20-21-22-24-27-32(28-25-23-26-29-32)30-31-36(33-6-2,34-7-3)35-8-4;2-1(3)4/h5-31H2,1-4H3;2-3H/q+1;-1. The number of likely N-dealkylation sites (tertiary alicyclic amines) is 1. The van der Waals surface area contributed by atoms with Crippen LogP contribution in [0.15, 0.2) is 0 Å². The van der Waals surface area contributed by atoms with Crippen molar-refractivity contribution >= 4 is 16.1 Å². The quantitative estimate of drug-likeness (QED) is 0.0670. The molecule has 1 aliphatic rings. The summed E-state index contributed by atoms with van der Waals surface area (Å²) in [7, 11) is -4.95. The van der Waals surface area contributed by atoms with E-state index < -0.39 is 16.1 Å². The number of hydrogen-bond donors (Lipinski definition) is 2. The van der Waals surface area contributed by atoms with Gasteiger partial charge in [-0.2, -0.15) is 0 Å². The number of rotatable bonds is 26. The Morgan fingerprint density at radius 2 is 0.925 bits per heavy atom. The third-order valence-corrected chi connectivity index (χ3v) is 11.3. The van der Waals surface area contributed by atoms with Crippen LogP contribution in [0.3, 0.4) is 0 Å². The molecule has 0 bridgehead atoms. The first-order valence-electron chi connectivity index (χ1n) is 17.2. The van der Waals surface area contributed by atoms with Gasteiger partial charge < -0.3 is 32.8 Å². The van der Waals surface area contributed by atoms with Crippen LogP contribution in [-0.4, -0.2) is 76.7 Å². The van der Waals surface area contributed by atoms with E-state index >= 15 is 0 Å². The first kappa shape index (κ1) is 40.0. The molecule has 0 aromatic heterocycles. The number of unbranched alkanes of at least 4 members (excludes halogenated alkanes) is 15. The average molecular weight is 590 g/mol. The van der Waals surface area contributed by atoms with Gasteiger partial charge in [0, 0.05) is 19.8 Å². The predicted molar refractivity (Wildman–Crippen MR) is 169 cm³/mol. The van der Waals surface area contributed by atoms with E-state index in [0.29, 0.717) is 19.8 Å². The van der Waals surface area contributed by atoms with Crippen LogP contribution in [0, 0.1) is 0 Å². The van der Waals surface area contributed by atoms with Crippen LogP contribution in [0.1, 0.15) is 150 Å². The molecule has 0 spiro atoms. The Morgan fingerprint density at radius 1 is 0.575 bits per heavy atom. The summed E-state index contributed by atoms with van der Waals surface area (Å²) in [5, 5.41) is 22.8. The molecular weight excluding hydrogens is 521 g/mol. The van der Waals surface area contributed by atoms with Crippen molar-refractivity contribution in [2.24, 2.45) is 0 Å². The smallest absolute Gasteiger partial charge is 0.506 e.